The van der Waals surface area contributed by atoms with Crippen LogP contribution in [0, 0.1) is 6.92 Å². The van der Waals surface area contributed by atoms with Crippen LogP contribution in [-0.2, 0) is 11.2 Å². The van der Waals surface area contributed by atoms with Crippen LogP contribution in [0.2, 0.25) is 0 Å². The average molecular weight is 258 g/mol. The minimum Gasteiger partial charge on any atom is -0.381 e. The lowest BCUT2D eigenvalue weighted by atomic mass is 10.1. The Bertz CT molecular complexity index is 605. The predicted octanol–water partition coefficient (Wildman–Crippen LogP) is 2.32. The molecule has 2 aromatic rings. The van der Waals surface area contributed by atoms with E-state index in [1.165, 1.54) is 0 Å². The van der Waals surface area contributed by atoms with Crippen molar-refractivity contribution in [1.82, 2.24) is 9.97 Å². The van der Waals surface area contributed by atoms with Crippen LogP contribution in [-0.4, -0.2) is 23.2 Å². The van der Waals surface area contributed by atoms with Crippen LogP contribution in [0.3, 0.4) is 0 Å². The van der Waals surface area contributed by atoms with Crippen LogP contribution < -0.4 is 5.56 Å². The summed E-state index contributed by atoms with van der Waals surface area (Å²) in [4.78, 5) is 19.3. The number of hydrogen-bond acceptors (Lipinski definition) is 3. The second-order valence-electron chi connectivity index (χ2n) is 4.60. The van der Waals surface area contributed by atoms with E-state index in [0.29, 0.717) is 17.8 Å². The number of benzene rings is 1. The highest BCUT2D eigenvalue weighted by Gasteiger charge is 2.11. The minimum atomic E-state index is -0.0906. The molecule has 1 unspecified atom stereocenters. The van der Waals surface area contributed by atoms with E-state index in [-0.39, 0.29) is 11.7 Å². The zero-order valence-corrected chi connectivity index (χ0v) is 11.4. The van der Waals surface area contributed by atoms with Gasteiger partial charge < -0.3 is 9.72 Å². The third kappa shape index (κ3) is 3.09. The van der Waals surface area contributed by atoms with Gasteiger partial charge in [0.05, 0.1) is 11.8 Å². The summed E-state index contributed by atoms with van der Waals surface area (Å²) in [6.07, 6.45) is 0.612. The first kappa shape index (κ1) is 13.5. The molecular formula is C15H18N2O2. The lowest BCUT2D eigenvalue weighted by molar-refractivity contribution is 0.117. The lowest BCUT2D eigenvalue weighted by Crippen LogP contribution is -2.19. The van der Waals surface area contributed by atoms with Crippen LogP contribution in [0.4, 0.5) is 0 Å². The van der Waals surface area contributed by atoms with Gasteiger partial charge >= 0.3 is 0 Å². The zero-order valence-electron chi connectivity index (χ0n) is 11.4. The minimum absolute atomic E-state index is 0.0227. The van der Waals surface area contributed by atoms with Gasteiger partial charge in [-0.05, 0) is 13.8 Å². The predicted molar refractivity (Wildman–Crippen MR) is 75.2 cm³/mol. The molecule has 0 saturated carbocycles. The van der Waals surface area contributed by atoms with E-state index in [4.69, 9.17) is 4.74 Å². The number of aromatic amines is 1. The highest BCUT2D eigenvalue weighted by molar-refractivity contribution is 5.62. The zero-order chi connectivity index (χ0) is 13.8. The second kappa shape index (κ2) is 5.80. The molecule has 0 saturated heterocycles. The Hall–Kier alpha value is -1.94. The molecule has 0 aliphatic rings. The maximum absolute atomic E-state index is 12.0. The van der Waals surface area contributed by atoms with Crippen LogP contribution in [0.1, 0.15) is 18.3 Å². The molecule has 4 nitrogen and oxygen atoms in total. The molecule has 1 aromatic heterocycles. The Morgan fingerprint density at radius 2 is 2.00 bits per heavy atom. The molecule has 0 spiro atoms. The monoisotopic (exact) mass is 258 g/mol. The van der Waals surface area contributed by atoms with Crippen molar-refractivity contribution >= 4 is 0 Å². The average Bonchev–Trinajstić information content (AvgIpc) is 2.43. The van der Waals surface area contributed by atoms with Gasteiger partial charge in [-0.25, -0.2) is 4.98 Å². The normalized spacial score (nSPS) is 12.4. The molecule has 1 atom stereocenters. The quantitative estimate of drug-likeness (QED) is 0.915. The molecule has 4 heteroatoms. The molecule has 1 heterocycles. The standard InChI is InChI=1S/C15H18N2O2/c1-10(19-3)9-13-16-14(11(2)15(18)17-13)12-7-5-4-6-8-12/h4-8,10H,9H2,1-3H3,(H,16,17,18). The molecule has 1 N–H and O–H groups in total. The number of ether oxygens (including phenoxy) is 1. The first-order chi connectivity index (χ1) is 9.11. The largest absolute Gasteiger partial charge is 0.381 e. The van der Waals surface area contributed by atoms with Gasteiger partial charge in [-0.15, -0.1) is 0 Å². The maximum atomic E-state index is 12.0. The van der Waals surface area contributed by atoms with Crippen molar-refractivity contribution < 1.29 is 4.74 Å². The summed E-state index contributed by atoms with van der Waals surface area (Å²) in [5, 5.41) is 0. The summed E-state index contributed by atoms with van der Waals surface area (Å²) in [7, 11) is 1.65. The Morgan fingerprint density at radius 3 is 2.63 bits per heavy atom. The van der Waals surface area contributed by atoms with E-state index >= 15 is 0 Å². The number of hydrogen-bond donors (Lipinski definition) is 1. The molecule has 0 aliphatic heterocycles. The Balaban J connectivity index is 2.46. The number of aromatic nitrogens is 2. The van der Waals surface area contributed by atoms with Gasteiger partial charge in [0, 0.05) is 24.7 Å². The summed E-state index contributed by atoms with van der Waals surface area (Å²) in [6, 6.07) is 9.74. The van der Waals surface area contributed by atoms with Crippen molar-refractivity contribution in [3.8, 4) is 11.3 Å². The van der Waals surface area contributed by atoms with Crippen LogP contribution in [0.15, 0.2) is 35.1 Å². The second-order valence-corrected chi connectivity index (χ2v) is 4.60. The van der Waals surface area contributed by atoms with Gasteiger partial charge in [0.25, 0.3) is 5.56 Å². The first-order valence-corrected chi connectivity index (χ1v) is 6.30. The molecule has 100 valence electrons. The van der Waals surface area contributed by atoms with E-state index in [0.717, 1.165) is 11.3 Å². The molecule has 19 heavy (non-hydrogen) atoms. The van der Waals surface area contributed by atoms with Gasteiger partial charge in [-0.3, -0.25) is 4.79 Å². The summed E-state index contributed by atoms with van der Waals surface area (Å²) in [5.74, 6) is 0.656. The van der Waals surface area contributed by atoms with Crippen LogP contribution in [0.5, 0.6) is 0 Å². The van der Waals surface area contributed by atoms with E-state index < -0.39 is 0 Å². The van der Waals surface area contributed by atoms with E-state index in [1.54, 1.807) is 14.0 Å². The fourth-order valence-corrected chi connectivity index (χ4v) is 1.91. The van der Waals surface area contributed by atoms with Crippen molar-refractivity contribution in [3.05, 3.63) is 52.1 Å². The van der Waals surface area contributed by atoms with Crippen molar-refractivity contribution in [1.29, 1.82) is 0 Å². The van der Waals surface area contributed by atoms with Gasteiger partial charge in [0.15, 0.2) is 0 Å². The summed E-state index contributed by atoms with van der Waals surface area (Å²) < 4.78 is 5.21. The molecular weight excluding hydrogens is 240 g/mol. The van der Waals surface area contributed by atoms with Gasteiger partial charge in [0.1, 0.15) is 5.82 Å². The molecule has 0 amide bonds. The highest BCUT2D eigenvalue weighted by Crippen LogP contribution is 2.18. The molecule has 0 radical (unpaired) electrons. The van der Waals surface area contributed by atoms with E-state index in [2.05, 4.69) is 9.97 Å². The number of nitrogens with zero attached hydrogens (tertiary/aromatic N) is 1. The van der Waals surface area contributed by atoms with E-state index in [1.807, 2.05) is 37.3 Å². The third-order valence-electron chi connectivity index (χ3n) is 3.13. The summed E-state index contributed by atoms with van der Waals surface area (Å²) in [6.45, 7) is 3.74. The number of nitrogens with one attached hydrogen (secondary N) is 1. The Morgan fingerprint density at radius 1 is 1.32 bits per heavy atom. The number of rotatable bonds is 4. The van der Waals surface area contributed by atoms with Crippen LogP contribution in [0.25, 0.3) is 11.3 Å². The SMILES string of the molecule is COC(C)Cc1nc(-c2ccccc2)c(C)c(=O)[nH]1. The molecule has 0 aliphatic carbocycles. The number of methoxy groups -OCH3 is 1. The molecule has 1 aromatic carbocycles. The Kier molecular flexibility index (Phi) is 4.12. The molecule has 2 rings (SSSR count). The van der Waals surface area contributed by atoms with Gasteiger partial charge in [0.2, 0.25) is 0 Å². The summed E-state index contributed by atoms with van der Waals surface area (Å²) >= 11 is 0. The van der Waals surface area contributed by atoms with Crippen molar-refractivity contribution in [2.45, 2.75) is 26.4 Å². The number of H-pyrrole nitrogens is 1. The fourth-order valence-electron chi connectivity index (χ4n) is 1.91. The summed E-state index contributed by atoms with van der Waals surface area (Å²) in [5.41, 5.74) is 2.24. The fraction of sp³-hybridized carbons (Fsp3) is 0.333. The molecule has 0 bridgehead atoms. The topological polar surface area (TPSA) is 55.0 Å². The van der Waals surface area contributed by atoms with Crippen molar-refractivity contribution in [3.63, 3.8) is 0 Å². The smallest absolute Gasteiger partial charge is 0.254 e. The van der Waals surface area contributed by atoms with Gasteiger partial charge in [-0.2, -0.15) is 0 Å². The molecule has 0 fully saturated rings. The lowest BCUT2D eigenvalue weighted by Gasteiger charge is -2.11. The highest BCUT2D eigenvalue weighted by atomic mass is 16.5. The van der Waals surface area contributed by atoms with Crippen molar-refractivity contribution in [2.75, 3.05) is 7.11 Å². The third-order valence-corrected chi connectivity index (χ3v) is 3.13. The first-order valence-electron chi connectivity index (χ1n) is 6.30. The van der Waals surface area contributed by atoms with Crippen molar-refractivity contribution in [2.24, 2.45) is 0 Å². The van der Waals surface area contributed by atoms with Crippen LogP contribution >= 0.6 is 0 Å². The maximum Gasteiger partial charge on any atom is 0.254 e. The van der Waals surface area contributed by atoms with E-state index in [9.17, 15) is 4.79 Å². The van der Waals surface area contributed by atoms with Gasteiger partial charge in [-0.1, -0.05) is 30.3 Å². The Labute approximate surface area is 112 Å².